The third kappa shape index (κ3) is 4.22. The zero-order chi connectivity index (χ0) is 21.3. The summed E-state index contributed by atoms with van der Waals surface area (Å²) in [5, 5.41) is 1.75. The van der Waals surface area contributed by atoms with Crippen molar-refractivity contribution < 1.29 is 22.7 Å². The number of carbonyl (C=O) groups excluding carboxylic acids is 1. The first kappa shape index (κ1) is 20.9. The van der Waals surface area contributed by atoms with Crippen LogP contribution in [0, 0.1) is 0 Å². The van der Waals surface area contributed by atoms with Crippen LogP contribution in [0.2, 0.25) is 0 Å². The minimum Gasteiger partial charge on any atom is -0.376 e. The van der Waals surface area contributed by atoms with Crippen molar-refractivity contribution in [3.8, 4) is 11.3 Å². The largest absolute Gasteiger partial charge is 0.416 e. The zero-order valence-electron chi connectivity index (χ0n) is 16.5. The SMILES string of the molecule is CCCN(C[C@@H]1CCCO1)C(=O)c1csc2nc(-c3cccc(C(F)(F)F)c3)cn12. The normalized spacial score (nSPS) is 17.0. The smallest absolute Gasteiger partial charge is 0.376 e. The topological polar surface area (TPSA) is 46.8 Å². The molecule has 2 aromatic heterocycles. The second-order valence-electron chi connectivity index (χ2n) is 7.36. The maximum absolute atomic E-state index is 13.2. The molecule has 1 atom stereocenters. The number of halogens is 3. The molecule has 0 saturated carbocycles. The van der Waals surface area contributed by atoms with E-state index in [9.17, 15) is 18.0 Å². The van der Waals surface area contributed by atoms with E-state index in [1.807, 2.05) is 6.92 Å². The van der Waals surface area contributed by atoms with Crippen LogP contribution < -0.4 is 0 Å². The lowest BCUT2D eigenvalue weighted by Crippen LogP contribution is -2.38. The Kier molecular flexibility index (Phi) is 5.84. The summed E-state index contributed by atoms with van der Waals surface area (Å²) in [7, 11) is 0. The molecule has 0 N–H and O–H groups in total. The molecular weight excluding hydrogens is 415 g/mol. The summed E-state index contributed by atoms with van der Waals surface area (Å²) in [6, 6.07) is 5.06. The fraction of sp³-hybridized carbons (Fsp3) is 0.429. The minimum atomic E-state index is -4.42. The van der Waals surface area contributed by atoms with Gasteiger partial charge in [-0.2, -0.15) is 13.2 Å². The highest BCUT2D eigenvalue weighted by molar-refractivity contribution is 7.15. The average Bonchev–Trinajstić information content (AvgIpc) is 3.44. The molecule has 1 aliphatic heterocycles. The number of aromatic nitrogens is 2. The van der Waals surface area contributed by atoms with Gasteiger partial charge in [0.25, 0.3) is 5.91 Å². The first-order valence-corrected chi connectivity index (χ1v) is 10.8. The van der Waals surface area contributed by atoms with Gasteiger partial charge in [-0.3, -0.25) is 9.20 Å². The number of rotatable bonds is 6. The number of benzene rings is 1. The molecule has 0 bridgehead atoms. The summed E-state index contributed by atoms with van der Waals surface area (Å²) in [5.74, 6) is -0.119. The predicted octanol–water partition coefficient (Wildman–Crippen LogP) is 5.11. The van der Waals surface area contributed by atoms with E-state index in [-0.39, 0.29) is 12.0 Å². The molecule has 0 spiro atoms. The van der Waals surface area contributed by atoms with Gasteiger partial charge in [0.05, 0.1) is 17.4 Å². The molecule has 0 aliphatic carbocycles. The first-order valence-electron chi connectivity index (χ1n) is 9.92. The number of ether oxygens (including phenoxy) is 1. The van der Waals surface area contributed by atoms with Crippen LogP contribution in [0.5, 0.6) is 0 Å². The van der Waals surface area contributed by atoms with Crippen LogP contribution in [0.4, 0.5) is 13.2 Å². The Hall–Kier alpha value is -2.39. The van der Waals surface area contributed by atoms with Crippen LogP contribution in [0.25, 0.3) is 16.2 Å². The number of hydrogen-bond donors (Lipinski definition) is 0. The maximum atomic E-state index is 13.2. The van der Waals surface area contributed by atoms with Gasteiger partial charge in [-0.05, 0) is 31.4 Å². The number of carbonyl (C=O) groups is 1. The molecule has 30 heavy (non-hydrogen) atoms. The molecule has 9 heteroatoms. The summed E-state index contributed by atoms with van der Waals surface area (Å²) in [6.07, 6.45) is 0.0338. The molecule has 3 heterocycles. The van der Waals surface area contributed by atoms with E-state index in [1.165, 1.54) is 17.4 Å². The lowest BCUT2D eigenvalue weighted by atomic mass is 10.1. The Labute approximate surface area is 176 Å². The molecule has 1 amide bonds. The second kappa shape index (κ2) is 8.39. The Balaban J connectivity index is 1.63. The van der Waals surface area contributed by atoms with Gasteiger partial charge in [0.2, 0.25) is 0 Å². The Morgan fingerprint density at radius 2 is 2.23 bits per heavy atom. The lowest BCUT2D eigenvalue weighted by Gasteiger charge is -2.24. The van der Waals surface area contributed by atoms with E-state index < -0.39 is 11.7 Å². The maximum Gasteiger partial charge on any atom is 0.416 e. The van der Waals surface area contributed by atoms with Gasteiger partial charge >= 0.3 is 6.18 Å². The number of hydrogen-bond acceptors (Lipinski definition) is 4. The molecule has 0 unspecified atom stereocenters. The Bertz CT molecular complexity index is 1040. The van der Waals surface area contributed by atoms with E-state index in [0.29, 0.717) is 35.0 Å². The fourth-order valence-corrected chi connectivity index (χ4v) is 4.52. The van der Waals surface area contributed by atoms with Gasteiger partial charge in [0, 0.05) is 36.8 Å². The van der Waals surface area contributed by atoms with Gasteiger partial charge in [-0.15, -0.1) is 11.3 Å². The monoisotopic (exact) mass is 437 g/mol. The quantitative estimate of drug-likeness (QED) is 0.538. The van der Waals surface area contributed by atoms with E-state index in [0.717, 1.165) is 38.0 Å². The zero-order valence-corrected chi connectivity index (χ0v) is 17.3. The van der Waals surface area contributed by atoms with Gasteiger partial charge < -0.3 is 9.64 Å². The number of thiazole rings is 1. The van der Waals surface area contributed by atoms with Crippen LogP contribution in [0.15, 0.2) is 35.8 Å². The van der Waals surface area contributed by atoms with Crippen LogP contribution in [0.1, 0.15) is 42.2 Å². The van der Waals surface area contributed by atoms with Crippen molar-refractivity contribution in [2.75, 3.05) is 19.7 Å². The number of amides is 1. The summed E-state index contributed by atoms with van der Waals surface area (Å²) < 4.78 is 46.5. The molecule has 1 saturated heterocycles. The minimum absolute atomic E-state index is 0.0538. The summed E-state index contributed by atoms with van der Waals surface area (Å²) >= 11 is 1.30. The lowest BCUT2D eigenvalue weighted by molar-refractivity contribution is -0.137. The molecule has 3 aromatic rings. The van der Waals surface area contributed by atoms with E-state index in [4.69, 9.17) is 4.74 Å². The van der Waals surface area contributed by atoms with Gasteiger partial charge in [0.15, 0.2) is 4.96 Å². The van der Waals surface area contributed by atoms with Gasteiger partial charge in [0.1, 0.15) is 5.69 Å². The van der Waals surface area contributed by atoms with Crippen molar-refractivity contribution in [2.45, 2.75) is 38.5 Å². The number of nitrogens with zero attached hydrogens (tertiary/aromatic N) is 3. The van der Waals surface area contributed by atoms with Crippen molar-refractivity contribution in [1.82, 2.24) is 14.3 Å². The van der Waals surface area contributed by atoms with Crippen LogP contribution >= 0.6 is 11.3 Å². The van der Waals surface area contributed by atoms with Gasteiger partial charge in [-0.1, -0.05) is 19.1 Å². The first-order chi connectivity index (χ1) is 14.4. The molecule has 1 aromatic carbocycles. The summed E-state index contributed by atoms with van der Waals surface area (Å²) in [6.45, 7) is 3.90. The summed E-state index contributed by atoms with van der Waals surface area (Å²) in [4.78, 5) is 20.0. The highest BCUT2D eigenvalue weighted by Gasteiger charge is 2.31. The fourth-order valence-electron chi connectivity index (χ4n) is 3.67. The molecule has 5 nitrogen and oxygen atoms in total. The van der Waals surface area contributed by atoms with Crippen molar-refractivity contribution in [3.63, 3.8) is 0 Å². The molecule has 4 rings (SSSR count). The van der Waals surface area contributed by atoms with Crippen molar-refractivity contribution >= 4 is 22.2 Å². The summed E-state index contributed by atoms with van der Waals surface area (Å²) in [5.41, 5.74) is 0.512. The van der Waals surface area contributed by atoms with Crippen molar-refractivity contribution in [1.29, 1.82) is 0 Å². The average molecular weight is 437 g/mol. The third-order valence-corrected chi connectivity index (χ3v) is 5.98. The number of alkyl halides is 3. The molecular formula is C21H22F3N3O2S. The standard InChI is InChI=1S/C21H22F3N3O2S/c1-2-8-26(11-16-7-4-9-29-16)19(28)18-13-30-20-25-17(12-27(18)20)14-5-3-6-15(10-14)21(22,23)24/h3,5-6,10,12-13,16H,2,4,7-9,11H2,1H3/t16-/m0/s1. The highest BCUT2D eigenvalue weighted by Crippen LogP contribution is 2.32. The molecule has 1 fully saturated rings. The number of fused-ring (bicyclic) bond motifs is 1. The second-order valence-corrected chi connectivity index (χ2v) is 8.20. The Morgan fingerprint density at radius 1 is 1.40 bits per heavy atom. The highest BCUT2D eigenvalue weighted by atomic mass is 32.1. The van der Waals surface area contributed by atoms with Gasteiger partial charge in [-0.25, -0.2) is 4.98 Å². The number of imidazole rings is 1. The van der Waals surface area contributed by atoms with Crippen molar-refractivity contribution in [2.24, 2.45) is 0 Å². The van der Waals surface area contributed by atoms with Crippen LogP contribution in [-0.4, -0.2) is 46.0 Å². The van der Waals surface area contributed by atoms with E-state index in [2.05, 4.69) is 4.98 Å². The molecule has 0 radical (unpaired) electrons. The van der Waals surface area contributed by atoms with Crippen LogP contribution in [0.3, 0.4) is 0 Å². The Morgan fingerprint density at radius 3 is 2.93 bits per heavy atom. The van der Waals surface area contributed by atoms with E-state index in [1.54, 1.807) is 26.9 Å². The van der Waals surface area contributed by atoms with E-state index >= 15 is 0 Å². The molecule has 1 aliphatic rings. The van der Waals surface area contributed by atoms with Crippen LogP contribution in [-0.2, 0) is 10.9 Å². The third-order valence-electron chi connectivity index (χ3n) is 5.14. The predicted molar refractivity (Wildman–Crippen MR) is 109 cm³/mol. The molecule has 160 valence electrons. The van der Waals surface area contributed by atoms with Crippen molar-refractivity contribution in [3.05, 3.63) is 47.1 Å².